The van der Waals surface area contributed by atoms with Crippen LogP contribution in [0.4, 0.5) is 0 Å². The molecule has 0 spiro atoms. The van der Waals surface area contributed by atoms with Crippen molar-refractivity contribution in [3.63, 3.8) is 0 Å². The van der Waals surface area contributed by atoms with Crippen molar-refractivity contribution in [3.05, 3.63) is 47.3 Å². The summed E-state index contributed by atoms with van der Waals surface area (Å²) in [6.07, 6.45) is 5.46. The zero-order valence-electron chi connectivity index (χ0n) is 12.0. The molecule has 20 heavy (non-hydrogen) atoms. The van der Waals surface area contributed by atoms with E-state index in [1.807, 2.05) is 25.2 Å². The number of benzene rings is 1. The number of aryl methyl sites for hydroxylation is 2. The molecule has 1 aliphatic carbocycles. The number of nitrogens with zero attached hydrogens (tertiary/aromatic N) is 2. The Kier molecular flexibility index (Phi) is 3.26. The molecule has 0 fully saturated rings. The minimum absolute atomic E-state index is 0.645. The Balaban J connectivity index is 2.22. The molecule has 1 atom stereocenters. The van der Waals surface area contributed by atoms with Crippen LogP contribution in [0, 0.1) is 0 Å². The van der Waals surface area contributed by atoms with E-state index in [9.17, 15) is 5.11 Å². The molecule has 0 amide bonds. The van der Waals surface area contributed by atoms with Gasteiger partial charge in [0.25, 0.3) is 0 Å². The second kappa shape index (κ2) is 4.94. The monoisotopic (exact) mass is 272 g/mol. The number of aromatic nitrogens is 2. The highest BCUT2D eigenvalue weighted by Crippen LogP contribution is 2.42. The van der Waals surface area contributed by atoms with Crippen molar-refractivity contribution in [1.82, 2.24) is 9.78 Å². The lowest BCUT2D eigenvalue weighted by Gasteiger charge is -2.29. The van der Waals surface area contributed by atoms with Gasteiger partial charge in [0.05, 0.1) is 13.3 Å². The van der Waals surface area contributed by atoms with E-state index in [-0.39, 0.29) is 0 Å². The highest BCUT2D eigenvalue weighted by Gasteiger charge is 2.39. The summed E-state index contributed by atoms with van der Waals surface area (Å²) < 4.78 is 7.12. The zero-order valence-corrected chi connectivity index (χ0v) is 12.0. The highest BCUT2D eigenvalue weighted by molar-refractivity contribution is 5.44. The molecule has 2 aromatic rings. The molecule has 1 aliphatic rings. The third kappa shape index (κ3) is 1.91. The maximum absolute atomic E-state index is 11.4. The van der Waals surface area contributed by atoms with E-state index >= 15 is 0 Å². The molecule has 3 rings (SSSR count). The molecule has 0 aliphatic heterocycles. The minimum atomic E-state index is -1.02. The quantitative estimate of drug-likeness (QED) is 0.854. The van der Waals surface area contributed by atoms with Crippen LogP contribution in [0.15, 0.2) is 30.5 Å². The molecule has 1 aromatic heterocycles. The summed E-state index contributed by atoms with van der Waals surface area (Å²) in [4.78, 5) is 0. The van der Waals surface area contributed by atoms with Crippen molar-refractivity contribution >= 4 is 0 Å². The molecule has 4 nitrogen and oxygen atoms in total. The van der Waals surface area contributed by atoms with Crippen LogP contribution >= 0.6 is 0 Å². The fraction of sp³-hybridized carbons (Fsp3) is 0.438. The number of fused-ring (bicyclic) bond motifs is 1. The summed E-state index contributed by atoms with van der Waals surface area (Å²) in [5, 5.41) is 15.7. The van der Waals surface area contributed by atoms with E-state index in [2.05, 4.69) is 11.2 Å². The second-order valence-corrected chi connectivity index (χ2v) is 5.41. The number of hydrogen-bond donors (Lipinski definition) is 1. The number of ether oxygens (including phenoxy) is 1. The van der Waals surface area contributed by atoms with Crippen molar-refractivity contribution in [2.45, 2.75) is 31.3 Å². The molecule has 0 bridgehead atoms. The molecule has 0 saturated heterocycles. The predicted molar refractivity (Wildman–Crippen MR) is 76.8 cm³/mol. The zero-order chi connectivity index (χ0) is 14.2. The summed E-state index contributed by atoms with van der Waals surface area (Å²) in [6.45, 7) is 0. The maximum atomic E-state index is 11.4. The second-order valence-electron chi connectivity index (χ2n) is 5.41. The summed E-state index contributed by atoms with van der Waals surface area (Å²) >= 11 is 0. The molecule has 1 aromatic carbocycles. The fourth-order valence-corrected chi connectivity index (χ4v) is 3.26. The molecule has 106 valence electrons. The smallest absolute Gasteiger partial charge is 0.163 e. The van der Waals surface area contributed by atoms with Crippen LogP contribution in [0.3, 0.4) is 0 Å². The highest BCUT2D eigenvalue weighted by atomic mass is 16.5. The summed E-state index contributed by atoms with van der Waals surface area (Å²) in [5.74, 6) is 0.645. The van der Waals surface area contributed by atoms with E-state index in [0.29, 0.717) is 12.2 Å². The molecular weight excluding hydrogens is 252 g/mol. The van der Waals surface area contributed by atoms with Gasteiger partial charge in [-0.1, -0.05) is 24.3 Å². The normalized spacial score (nSPS) is 22.1. The first-order valence-electron chi connectivity index (χ1n) is 7.04. The number of rotatable bonds is 2. The van der Waals surface area contributed by atoms with Gasteiger partial charge in [0, 0.05) is 7.05 Å². The largest absolute Gasteiger partial charge is 0.493 e. The molecule has 0 saturated carbocycles. The summed E-state index contributed by atoms with van der Waals surface area (Å²) in [6, 6.07) is 8.14. The Morgan fingerprint density at radius 2 is 2.10 bits per heavy atom. The topological polar surface area (TPSA) is 47.3 Å². The Bertz CT molecular complexity index is 621. The molecule has 4 heteroatoms. The van der Waals surface area contributed by atoms with Crippen molar-refractivity contribution < 1.29 is 9.84 Å². The van der Waals surface area contributed by atoms with Gasteiger partial charge in [-0.15, -0.1) is 0 Å². The molecule has 0 radical (unpaired) electrons. The van der Waals surface area contributed by atoms with Crippen LogP contribution in [0.1, 0.15) is 36.1 Å². The summed E-state index contributed by atoms with van der Waals surface area (Å²) in [5.41, 5.74) is 1.92. The standard InChI is InChI=1S/C16H20N2O2/c1-18-15(14(20-2)11-17-18)16(19)10-6-5-8-12-7-3-4-9-13(12)16/h3-4,7,9,11,19H,5-6,8,10H2,1-2H3. The number of aliphatic hydroxyl groups is 1. The van der Waals surface area contributed by atoms with Crippen LogP contribution in [0.5, 0.6) is 5.75 Å². The average Bonchev–Trinajstić information content (AvgIpc) is 2.76. The van der Waals surface area contributed by atoms with Gasteiger partial charge in [-0.3, -0.25) is 4.68 Å². The Morgan fingerprint density at radius 3 is 2.90 bits per heavy atom. The molecule has 1 heterocycles. The van der Waals surface area contributed by atoms with Crippen LogP contribution in [0.25, 0.3) is 0 Å². The molecule has 1 N–H and O–H groups in total. The fourth-order valence-electron chi connectivity index (χ4n) is 3.26. The first kappa shape index (κ1) is 13.2. The van der Waals surface area contributed by atoms with E-state index in [1.54, 1.807) is 18.0 Å². The number of methoxy groups -OCH3 is 1. The van der Waals surface area contributed by atoms with Gasteiger partial charge in [-0.05, 0) is 36.8 Å². The van der Waals surface area contributed by atoms with Gasteiger partial charge in [0.2, 0.25) is 0 Å². The Hall–Kier alpha value is -1.81. The van der Waals surface area contributed by atoms with Crippen molar-refractivity contribution in [2.75, 3.05) is 7.11 Å². The van der Waals surface area contributed by atoms with Crippen LogP contribution in [-0.4, -0.2) is 22.0 Å². The third-order valence-corrected chi connectivity index (χ3v) is 4.21. The van der Waals surface area contributed by atoms with Gasteiger partial charge in [-0.25, -0.2) is 0 Å². The van der Waals surface area contributed by atoms with Crippen LogP contribution in [-0.2, 0) is 19.1 Å². The maximum Gasteiger partial charge on any atom is 0.163 e. The van der Waals surface area contributed by atoms with Gasteiger partial charge in [-0.2, -0.15) is 5.10 Å². The lowest BCUT2D eigenvalue weighted by atomic mass is 9.84. The summed E-state index contributed by atoms with van der Waals surface area (Å²) in [7, 11) is 3.47. The first-order valence-corrected chi connectivity index (χ1v) is 7.04. The SMILES string of the molecule is COc1cnn(C)c1C1(O)CCCCc2ccccc21. The Morgan fingerprint density at radius 1 is 1.30 bits per heavy atom. The van der Waals surface area contributed by atoms with Gasteiger partial charge >= 0.3 is 0 Å². The molecule has 1 unspecified atom stereocenters. The van der Waals surface area contributed by atoms with Crippen molar-refractivity contribution in [2.24, 2.45) is 7.05 Å². The first-order chi connectivity index (χ1) is 9.66. The van der Waals surface area contributed by atoms with E-state index in [0.717, 1.165) is 30.5 Å². The van der Waals surface area contributed by atoms with E-state index in [1.165, 1.54) is 5.56 Å². The van der Waals surface area contributed by atoms with Crippen molar-refractivity contribution in [1.29, 1.82) is 0 Å². The average molecular weight is 272 g/mol. The van der Waals surface area contributed by atoms with Gasteiger partial charge in [0.1, 0.15) is 11.3 Å². The predicted octanol–water partition coefficient (Wildman–Crippen LogP) is 2.39. The molecular formula is C16H20N2O2. The van der Waals surface area contributed by atoms with Gasteiger partial charge in [0.15, 0.2) is 5.75 Å². The van der Waals surface area contributed by atoms with Crippen molar-refractivity contribution in [3.8, 4) is 5.75 Å². The minimum Gasteiger partial charge on any atom is -0.493 e. The lowest BCUT2D eigenvalue weighted by molar-refractivity contribution is 0.0591. The third-order valence-electron chi connectivity index (χ3n) is 4.21. The van der Waals surface area contributed by atoms with Crippen LogP contribution in [0.2, 0.25) is 0 Å². The lowest BCUT2D eigenvalue weighted by Crippen LogP contribution is -2.30. The van der Waals surface area contributed by atoms with E-state index in [4.69, 9.17) is 4.74 Å². The van der Waals surface area contributed by atoms with Crippen LogP contribution < -0.4 is 4.74 Å². The Labute approximate surface area is 119 Å². The van der Waals surface area contributed by atoms with Gasteiger partial charge < -0.3 is 9.84 Å². The van der Waals surface area contributed by atoms with E-state index < -0.39 is 5.60 Å². The number of hydrogen-bond acceptors (Lipinski definition) is 3.